The van der Waals surface area contributed by atoms with Crippen LogP contribution in [0.15, 0.2) is 12.1 Å². The van der Waals surface area contributed by atoms with Crippen LogP contribution in [0.5, 0.6) is 0 Å². The Labute approximate surface area is 126 Å². The third-order valence-corrected chi connectivity index (χ3v) is 4.23. The van der Waals surface area contributed by atoms with Gasteiger partial charge in [0.05, 0.1) is 11.3 Å². The van der Waals surface area contributed by atoms with Gasteiger partial charge in [-0.2, -0.15) is 0 Å². The molecule has 0 spiro atoms. The van der Waals surface area contributed by atoms with E-state index in [0.29, 0.717) is 24.0 Å². The van der Waals surface area contributed by atoms with Crippen molar-refractivity contribution in [3.8, 4) is 0 Å². The smallest absolute Gasteiger partial charge is 0.255 e. The lowest BCUT2D eigenvalue weighted by Gasteiger charge is -2.34. The van der Waals surface area contributed by atoms with Crippen LogP contribution in [0.25, 0.3) is 0 Å². The summed E-state index contributed by atoms with van der Waals surface area (Å²) in [5.74, 6) is 0.572. The highest BCUT2D eigenvalue weighted by Gasteiger charge is 2.26. The van der Waals surface area contributed by atoms with E-state index < -0.39 is 0 Å². The maximum absolute atomic E-state index is 12.8. The molecule has 110 valence electrons. The molecule has 1 aromatic rings. The molecule has 1 saturated carbocycles. The number of carbonyl (C=O) groups is 1. The van der Waals surface area contributed by atoms with Crippen LogP contribution < -0.4 is 0 Å². The van der Waals surface area contributed by atoms with E-state index in [9.17, 15) is 4.79 Å². The quantitative estimate of drug-likeness (QED) is 0.793. The summed E-state index contributed by atoms with van der Waals surface area (Å²) in [5, 5.41) is 0. The molecule has 3 nitrogen and oxygen atoms in total. The van der Waals surface area contributed by atoms with Gasteiger partial charge in [0.15, 0.2) is 0 Å². The monoisotopic (exact) mass is 294 g/mol. The molecule has 1 amide bonds. The van der Waals surface area contributed by atoms with Crippen LogP contribution in [0.1, 0.15) is 53.8 Å². The van der Waals surface area contributed by atoms with Crippen molar-refractivity contribution in [2.45, 2.75) is 52.0 Å². The highest BCUT2D eigenvalue weighted by molar-refractivity contribution is 6.18. The average molecular weight is 295 g/mol. The van der Waals surface area contributed by atoms with Gasteiger partial charge in [-0.1, -0.05) is 19.3 Å². The Bertz CT molecular complexity index is 470. The third kappa shape index (κ3) is 3.51. The molecule has 4 heteroatoms. The zero-order valence-electron chi connectivity index (χ0n) is 12.4. The SMILES string of the molecule is Cc1ccc(C(=O)N(CCCl)C2CCCCC2)c(C)n1. The Kier molecular flexibility index (Phi) is 5.41. The van der Waals surface area contributed by atoms with E-state index in [4.69, 9.17) is 11.6 Å². The molecule has 20 heavy (non-hydrogen) atoms. The number of alkyl halides is 1. The Morgan fingerprint density at radius 3 is 2.60 bits per heavy atom. The van der Waals surface area contributed by atoms with Crippen LogP contribution >= 0.6 is 11.6 Å². The third-order valence-electron chi connectivity index (χ3n) is 4.06. The van der Waals surface area contributed by atoms with Gasteiger partial charge in [0, 0.05) is 24.2 Å². The standard InChI is InChI=1S/C16H23ClN2O/c1-12-8-9-15(13(2)18-12)16(20)19(11-10-17)14-6-4-3-5-7-14/h8-9,14H,3-7,10-11H2,1-2H3. The van der Waals surface area contributed by atoms with Gasteiger partial charge in [-0.15, -0.1) is 11.6 Å². The second kappa shape index (κ2) is 7.07. The van der Waals surface area contributed by atoms with E-state index in [-0.39, 0.29) is 5.91 Å². The minimum absolute atomic E-state index is 0.0857. The Balaban J connectivity index is 2.21. The van der Waals surface area contributed by atoms with Gasteiger partial charge in [-0.3, -0.25) is 9.78 Å². The molecule has 1 heterocycles. The highest BCUT2D eigenvalue weighted by Crippen LogP contribution is 2.24. The fourth-order valence-electron chi connectivity index (χ4n) is 3.00. The van der Waals surface area contributed by atoms with Crippen molar-refractivity contribution >= 4 is 17.5 Å². The van der Waals surface area contributed by atoms with Crippen LogP contribution in [0.4, 0.5) is 0 Å². The molecule has 0 radical (unpaired) electrons. The van der Waals surface area contributed by atoms with Crippen molar-refractivity contribution in [3.05, 3.63) is 29.1 Å². The van der Waals surface area contributed by atoms with E-state index >= 15 is 0 Å². The molecule has 0 atom stereocenters. The van der Waals surface area contributed by atoms with Crippen molar-refractivity contribution < 1.29 is 4.79 Å². The summed E-state index contributed by atoms with van der Waals surface area (Å²) >= 11 is 5.90. The van der Waals surface area contributed by atoms with Gasteiger partial charge < -0.3 is 4.90 Å². The lowest BCUT2D eigenvalue weighted by Crippen LogP contribution is -2.43. The Hall–Kier alpha value is -1.09. The minimum Gasteiger partial charge on any atom is -0.334 e. The predicted molar refractivity (Wildman–Crippen MR) is 82.3 cm³/mol. The number of rotatable bonds is 4. The van der Waals surface area contributed by atoms with E-state index in [2.05, 4.69) is 4.98 Å². The minimum atomic E-state index is 0.0857. The van der Waals surface area contributed by atoms with Crippen molar-refractivity contribution in [2.24, 2.45) is 0 Å². The molecule has 0 bridgehead atoms. The molecule has 0 N–H and O–H groups in total. The number of halogens is 1. The number of carbonyl (C=O) groups excluding carboxylic acids is 1. The number of nitrogens with zero attached hydrogens (tertiary/aromatic N) is 2. The summed E-state index contributed by atoms with van der Waals surface area (Å²) < 4.78 is 0. The first-order valence-corrected chi connectivity index (χ1v) is 7.98. The number of aryl methyl sites for hydroxylation is 2. The molecule has 0 unspecified atom stereocenters. The summed E-state index contributed by atoms with van der Waals surface area (Å²) in [6.45, 7) is 4.47. The van der Waals surface area contributed by atoms with Gasteiger partial charge >= 0.3 is 0 Å². The lowest BCUT2D eigenvalue weighted by molar-refractivity contribution is 0.0648. The maximum atomic E-state index is 12.8. The van der Waals surface area contributed by atoms with E-state index in [0.717, 1.165) is 24.2 Å². The number of amides is 1. The molecular formula is C16H23ClN2O. The summed E-state index contributed by atoms with van der Waals surface area (Å²) in [4.78, 5) is 19.2. The first kappa shape index (κ1) is 15.3. The van der Waals surface area contributed by atoms with Crippen LogP contribution in [-0.4, -0.2) is 34.3 Å². The zero-order valence-corrected chi connectivity index (χ0v) is 13.1. The summed E-state index contributed by atoms with van der Waals surface area (Å²) in [7, 11) is 0. The zero-order chi connectivity index (χ0) is 14.5. The number of hydrogen-bond acceptors (Lipinski definition) is 2. The summed E-state index contributed by atoms with van der Waals surface area (Å²) in [6, 6.07) is 4.14. The van der Waals surface area contributed by atoms with Crippen LogP contribution in [0.3, 0.4) is 0 Å². The first-order valence-electron chi connectivity index (χ1n) is 7.44. The molecule has 1 aromatic heterocycles. The molecule has 1 aliphatic carbocycles. The van der Waals surface area contributed by atoms with Crippen molar-refractivity contribution in [2.75, 3.05) is 12.4 Å². The highest BCUT2D eigenvalue weighted by atomic mass is 35.5. The fraction of sp³-hybridized carbons (Fsp3) is 0.625. The van der Waals surface area contributed by atoms with Gasteiger partial charge in [-0.05, 0) is 38.8 Å². The largest absolute Gasteiger partial charge is 0.334 e. The van der Waals surface area contributed by atoms with Gasteiger partial charge in [0.2, 0.25) is 0 Å². The van der Waals surface area contributed by atoms with Gasteiger partial charge in [-0.25, -0.2) is 0 Å². The topological polar surface area (TPSA) is 33.2 Å². The molecule has 0 aromatic carbocycles. The first-order chi connectivity index (χ1) is 9.63. The van der Waals surface area contributed by atoms with Crippen molar-refractivity contribution in [3.63, 3.8) is 0 Å². The molecule has 2 rings (SSSR count). The Morgan fingerprint density at radius 1 is 1.30 bits per heavy atom. The predicted octanol–water partition coefficient (Wildman–Crippen LogP) is 3.71. The summed E-state index contributed by atoms with van der Waals surface area (Å²) in [6.07, 6.45) is 5.90. The maximum Gasteiger partial charge on any atom is 0.255 e. The van der Waals surface area contributed by atoms with Gasteiger partial charge in [0.25, 0.3) is 5.91 Å². The van der Waals surface area contributed by atoms with Crippen LogP contribution in [-0.2, 0) is 0 Å². The van der Waals surface area contributed by atoms with Crippen LogP contribution in [0.2, 0.25) is 0 Å². The van der Waals surface area contributed by atoms with Crippen molar-refractivity contribution in [1.29, 1.82) is 0 Å². The van der Waals surface area contributed by atoms with E-state index in [1.54, 1.807) is 0 Å². The normalized spacial score (nSPS) is 16.1. The molecule has 1 aliphatic rings. The second-order valence-electron chi connectivity index (χ2n) is 5.56. The van der Waals surface area contributed by atoms with E-state index in [1.807, 2.05) is 30.9 Å². The molecule has 1 fully saturated rings. The Morgan fingerprint density at radius 2 is 2.00 bits per heavy atom. The lowest BCUT2D eigenvalue weighted by atomic mass is 9.93. The number of pyridine rings is 1. The second-order valence-corrected chi connectivity index (χ2v) is 5.94. The van der Waals surface area contributed by atoms with Crippen molar-refractivity contribution in [1.82, 2.24) is 9.88 Å². The molecule has 0 aliphatic heterocycles. The fourth-order valence-corrected chi connectivity index (χ4v) is 3.18. The van der Waals surface area contributed by atoms with Gasteiger partial charge in [0.1, 0.15) is 0 Å². The van der Waals surface area contributed by atoms with E-state index in [1.165, 1.54) is 19.3 Å². The average Bonchev–Trinajstić information content (AvgIpc) is 2.45. The summed E-state index contributed by atoms with van der Waals surface area (Å²) in [5.41, 5.74) is 2.47. The molecular weight excluding hydrogens is 272 g/mol. The number of hydrogen-bond donors (Lipinski definition) is 0. The van der Waals surface area contributed by atoms with Crippen LogP contribution in [0, 0.1) is 13.8 Å². The molecule has 0 saturated heterocycles. The number of aromatic nitrogens is 1.